The van der Waals surface area contributed by atoms with Crippen molar-refractivity contribution >= 4 is 17.2 Å². The summed E-state index contributed by atoms with van der Waals surface area (Å²) >= 11 is 0. The molecule has 7 nitrogen and oxygen atoms in total. The van der Waals surface area contributed by atoms with Crippen molar-refractivity contribution in [2.45, 2.75) is 26.9 Å². The molecule has 1 heterocycles. The Bertz CT molecular complexity index is 1400. The summed E-state index contributed by atoms with van der Waals surface area (Å²) in [5, 5.41) is 15.2. The molecule has 4 aromatic rings. The van der Waals surface area contributed by atoms with E-state index in [4.69, 9.17) is 24.6 Å². The fourth-order valence-electron chi connectivity index (χ4n) is 4.16. The quantitative estimate of drug-likeness (QED) is 0.195. The summed E-state index contributed by atoms with van der Waals surface area (Å²) in [4.78, 5) is 4.94. The number of rotatable bonds is 11. The second kappa shape index (κ2) is 12.1. The van der Waals surface area contributed by atoms with Gasteiger partial charge in [0.25, 0.3) is 0 Å². The molecule has 0 unspecified atom stereocenters. The Morgan fingerprint density at radius 3 is 2.03 bits per heavy atom. The predicted molar refractivity (Wildman–Crippen MR) is 154 cm³/mol. The van der Waals surface area contributed by atoms with E-state index in [0.29, 0.717) is 24.6 Å². The van der Waals surface area contributed by atoms with Crippen LogP contribution < -0.4 is 24.8 Å². The molecule has 4 rings (SSSR count). The van der Waals surface area contributed by atoms with Crippen molar-refractivity contribution in [2.24, 2.45) is 0 Å². The van der Waals surface area contributed by atoms with Gasteiger partial charge in [-0.3, -0.25) is 0 Å². The second-order valence-electron chi connectivity index (χ2n) is 9.02. The highest BCUT2D eigenvalue weighted by molar-refractivity contribution is 6.01. The van der Waals surface area contributed by atoms with Crippen LogP contribution in [0.5, 0.6) is 17.2 Å². The first-order chi connectivity index (χ1) is 18.4. The third-order valence-electron chi connectivity index (χ3n) is 6.34. The highest BCUT2D eigenvalue weighted by Gasteiger charge is 2.12. The number of ether oxygens (including phenoxy) is 3. The normalized spacial score (nSPS) is 10.6. The SMILES string of the molecule is COc1ccc(CNc2nc(-c3cc(NCc4cc(OC)cc(OC)c4)ccc3C)ccc2C(C)=N)cc1. The van der Waals surface area contributed by atoms with E-state index >= 15 is 0 Å². The summed E-state index contributed by atoms with van der Waals surface area (Å²) in [6.07, 6.45) is 0. The first-order valence-corrected chi connectivity index (χ1v) is 12.4. The minimum Gasteiger partial charge on any atom is -0.497 e. The van der Waals surface area contributed by atoms with Gasteiger partial charge in [0.05, 0.1) is 27.0 Å². The van der Waals surface area contributed by atoms with Crippen molar-refractivity contribution in [2.75, 3.05) is 32.0 Å². The van der Waals surface area contributed by atoms with E-state index in [9.17, 15) is 0 Å². The Hall–Kier alpha value is -4.52. The Morgan fingerprint density at radius 1 is 0.737 bits per heavy atom. The smallest absolute Gasteiger partial charge is 0.136 e. The molecule has 196 valence electrons. The molecule has 38 heavy (non-hydrogen) atoms. The highest BCUT2D eigenvalue weighted by Crippen LogP contribution is 2.29. The lowest BCUT2D eigenvalue weighted by Gasteiger charge is -2.15. The monoisotopic (exact) mass is 510 g/mol. The van der Waals surface area contributed by atoms with Crippen molar-refractivity contribution < 1.29 is 14.2 Å². The molecule has 3 N–H and O–H groups in total. The third-order valence-corrected chi connectivity index (χ3v) is 6.34. The fourth-order valence-corrected chi connectivity index (χ4v) is 4.16. The zero-order chi connectivity index (χ0) is 27.1. The van der Waals surface area contributed by atoms with Gasteiger partial charge in [-0.2, -0.15) is 0 Å². The molecule has 0 aliphatic heterocycles. The van der Waals surface area contributed by atoms with Gasteiger partial charge in [-0.15, -0.1) is 0 Å². The van der Waals surface area contributed by atoms with Crippen LogP contribution in [0.3, 0.4) is 0 Å². The highest BCUT2D eigenvalue weighted by atomic mass is 16.5. The summed E-state index contributed by atoms with van der Waals surface area (Å²) in [5.74, 6) is 3.02. The zero-order valence-corrected chi connectivity index (χ0v) is 22.5. The minimum atomic E-state index is 0.460. The van der Waals surface area contributed by atoms with Crippen LogP contribution in [0.2, 0.25) is 0 Å². The van der Waals surface area contributed by atoms with E-state index in [1.165, 1.54) is 0 Å². The minimum absolute atomic E-state index is 0.460. The number of nitrogens with one attached hydrogen (secondary N) is 3. The van der Waals surface area contributed by atoms with Crippen LogP contribution in [-0.2, 0) is 13.1 Å². The van der Waals surface area contributed by atoms with Gasteiger partial charge < -0.3 is 30.3 Å². The average molecular weight is 511 g/mol. The first kappa shape index (κ1) is 26.5. The Morgan fingerprint density at radius 2 is 1.39 bits per heavy atom. The van der Waals surface area contributed by atoms with Crippen LogP contribution in [-0.4, -0.2) is 32.0 Å². The summed E-state index contributed by atoms with van der Waals surface area (Å²) in [7, 11) is 4.96. The fraction of sp³-hybridized carbons (Fsp3) is 0.226. The van der Waals surface area contributed by atoms with E-state index in [1.807, 2.05) is 54.6 Å². The molecule has 0 aliphatic carbocycles. The molecule has 0 spiro atoms. The third kappa shape index (κ3) is 6.42. The van der Waals surface area contributed by atoms with Gasteiger partial charge in [0.1, 0.15) is 23.1 Å². The number of anilines is 2. The molecule has 3 aromatic carbocycles. The van der Waals surface area contributed by atoms with Crippen LogP contribution in [0.1, 0.15) is 29.2 Å². The Balaban J connectivity index is 1.56. The molecule has 0 saturated heterocycles. The Labute approximate surface area is 224 Å². The molecule has 0 saturated carbocycles. The Kier molecular flexibility index (Phi) is 8.48. The molecule has 7 heteroatoms. The van der Waals surface area contributed by atoms with E-state index in [1.54, 1.807) is 28.3 Å². The second-order valence-corrected chi connectivity index (χ2v) is 9.02. The number of methoxy groups -OCH3 is 3. The van der Waals surface area contributed by atoms with Crippen molar-refractivity contribution in [3.05, 3.63) is 95.1 Å². The van der Waals surface area contributed by atoms with Crippen LogP contribution in [0.25, 0.3) is 11.3 Å². The van der Waals surface area contributed by atoms with E-state index < -0.39 is 0 Å². The van der Waals surface area contributed by atoms with Crippen molar-refractivity contribution in [3.63, 3.8) is 0 Å². The van der Waals surface area contributed by atoms with Gasteiger partial charge in [0.2, 0.25) is 0 Å². The lowest BCUT2D eigenvalue weighted by Crippen LogP contribution is -2.08. The molecular weight excluding hydrogens is 476 g/mol. The van der Waals surface area contributed by atoms with Crippen molar-refractivity contribution in [3.8, 4) is 28.5 Å². The molecule has 0 amide bonds. The maximum absolute atomic E-state index is 8.23. The van der Waals surface area contributed by atoms with Crippen LogP contribution in [0.4, 0.5) is 11.5 Å². The number of pyridine rings is 1. The topological polar surface area (TPSA) is 88.5 Å². The van der Waals surface area contributed by atoms with Gasteiger partial charge in [-0.25, -0.2) is 4.98 Å². The predicted octanol–water partition coefficient (Wildman–Crippen LogP) is 6.69. The maximum atomic E-state index is 8.23. The van der Waals surface area contributed by atoms with Gasteiger partial charge in [0.15, 0.2) is 0 Å². The van der Waals surface area contributed by atoms with Gasteiger partial charge >= 0.3 is 0 Å². The van der Waals surface area contributed by atoms with Crippen molar-refractivity contribution in [1.82, 2.24) is 4.98 Å². The van der Waals surface area contributed by atoms with Crippen LogP contribution in [0, 0.1) is 12.3 Å². The lowest BCUT2D eigenvalue weighted by molar-refractivity contribution is 0.393. The molecular formula is C31H34N4O3. The molecule has 0 atom stereocenters. The average Bonchev–Trinajstić information content (AvgIpc) is 2.95. The lowest BCUT2D eigenvalue weighted by atomic mass is 10.0. The molecule has 0 bridgehead atoms. The summed E-state index contributed by atoms with van der Waals surface area (Å²) in [5.41, 5.74) is 7.36. The van der Waals surface area contributed by atoms with Crippen LogP contribution >= 0.6 is 0 Å². The standard InChI is InChI=1S/C31H34N4O3/c1-20-6-9-24(33-19-23-14-26(37-4)17-27(15-23)38-5)16-29(20)30-13-12-28(21(2)32)31(35-30)34-18-22-7-10-25(36-3)11-8-22/h6-17,32-33H,18-19H2,1-5H3,(H,34,35). The summed E-state index contributed by atoms with van der Waals surface area (Å²) in [6.45, 7) is 5.06. The summed E-state index contributed by atoms with van der Waals surface area (Å²) in [6, 6.07) is 24.0. The molecule has 0 radical (unpaired) electrons. The van der Waals surface area contributed by atoms with E-state index in [-0.39, 0.29) is 0 Å². The maximum Gasteiger partial charge on any atom is 0.136 e. The van der Waals surface area contributed by atoms with Gasteiger partial charge in [-0.05, 0) is 79.1 Å². The number of hydrogen-bond donors (Lipinski definition) is 3. The van der Waals surface area contributed by atoms with Crippen LogP contribution in [0.15, 0.2) is 72.8 Å². The van der Waals surface area contributed by atoms with Gasteiger partial charge in [0, 0.05) is 41.7 Å². The number of aryl methyl sites for hydroxylation is 1. The summed E-state index contributed by atoms with van der Waals surface area (Å²) < 4.78 is 16.0. The molecule has 1 aromatic heterocycles. The number of nitrogens with zero attached hydrogens (tertiary/aromatic N) is 1. The molecule has 0 fully saturated rings. The largest absolute Gasteiger partial charge is 0.497 e. The van der Waals surface area contributed by atoms with E-state index in [2.05, 4.69) is 35.8 Å². The van der Waals surface area contributed by atoms with Crippen molar-refractivity contribution in [1.29, 1.82) is 5.41 Å². The number of aromatic nitrogens is 1. The number of benzene rings is 3. The zero-order valence-electron chi connectivity index (χ0n) is 22.5. The van der Waals surface area contributed by atoms with E-state index in [0.717, 1.165) is 56.4 Å². The first-order valence-electron chi connectivity index (χ1n) is 12.4. The number of hydrogen-bond acceptors (Lipinski definition) is 7. The molecule has 0 aliphatic rings. The van der Waals surface area contributed by atoms with Gasteiger partial charge in [-0.1, -0.05) is 18.2 Å².